The Labute approximate surface area is 119 Å². The number of aromatic nitrogens is 2. The first-order chi connectivity index (χ1) is 9.39. The summed E-state index contributed by atoms with van der Waals surface area (Å²) < 4.78 is 31.0. The Morgan fingerprint density at radius 2 is 2.10 bits per heavy atom. The Balaban J connectivity index is 2.00. The fraction of sp³-hybridized carbons (Fsp3) is 0.583. The quantitative estimate of drug-likeness (QED) is 0.872. The summed E-state index contributed by atoms with van der Waals surface area (Å²) in [5.74, 6) is -3.26. The largest absolute Gasteiger partial charge is 0.481 e. The molecule has 110 valence electrons. The van der Waals surface area contributed by atoms with Crippen LogP contribution in [-0.2, 0) is 4.79 Å². The number of rotatable bonds is 3. The van der Waals surface area contributed by atoms with Crippen molar-refractivity contribution in [2.75, 3.05) is 12.4 Å². The lowest BCUT2D eigenvalue weighted by atomic mass is 9.86. The Morgan fingerprint density at radius 1 is 1.45 bits per heavy atom. The highest BCUT2D eigenvalue weighted by molar-refractivity contribution is 6.29. The van der Waals surface area contributed by atoms with Gasteiger partial charge >= 0.3 is 0 Å². The van der Waals surface area contributed by atoms with Gasteiger partial charge in [0.1, 0.15) is 5.15 Å². The maximum Gasteiger partial charge on any atom is 0.248 e. The van der Waals surface area contributed by atoms with Gasteiger partial charge in [-0.25, -0.2) is 13.8 Å². The number of amides is 1. The van der Waals surface area contributed by atoms with E-state index in [0.29, 0.717) is 0 Å². The number of ether oxygens (including phenoxy) is 1. The third-order valence-corrected chi connectivity index (χ3v) is 3.40. The summed E-state index contributed by atoms with van der Waals surface area (Å²) in [6, 6.07) is 1.40. The molecule has 0 saturated heterocycles. The van der Waals surface area contributed by atoms with Crippen molar-refractivity contribution in [3.63, 3.8) is 0 Å². The van der Waals surface area contributed by atoms with Crippen LogP contribution in [-0.4, -0.2) is 28.9 Å². The second-order valence-electron chi connectivity index (χ2n) is 4.68. The SMILES string of the molecule is COc1cc(Cl)nc(NC(=O)C2CCC(F)(F)CC2)n1. The number of hydrogen-bond acceptors (Lipinski definition) is 4. The van der Waals surface area contributed by atoms with Crippen molar-refractivity contribution in [1.29, 1.82) is 0 Å². The molecule has 1 aromatic heterocycles. The van der Waals surface area contributed by atoms with Gasteiger partial charge in [0.05, 0.1) is 7.11 Å². The van der Waals surface area contributed by atoms with Gasteiger partial charge in [-0.1, -0.05) is 11.6 Å². The number of methoxy groups -OCH3 is 1. The van der Waals surface area contributed by atoms with Gasteiger partial charge in [-0.15, -0.1) is 0 Å². The summed E-state index contributed by atoms with van der Waals surface area (Å²) in [7, 11) is 1.41. The highest BCUT2D eigenvalue weighted by Crippen LogP contribution is 2.36. The van der Waals surface area contributed by atoms with Gasteiger partial charge < -0.3 is 4.74 Å². The molecular formula is C12H14ClF2N3O2. The molecule has 0 radical (unpaired) electrons. The van der Waals surface area contributed by atoms with Crippen molar-refractivity contribution in [1.82, 2.24) is 9.97 Å². The molecule has 1 amide bonds. The zero-order chi connectivity index (χ0) is 14.8. The van der Waals surface area contributed by atoms with E-state index in [-0.39, 0.29) is 48.6 Å². The third kappa shape index (κ3) is 3.75. The second kappa shape index (κ2) is 5.87. The van der Waals surface area contributed by atoms with Crippen LogP contribution >= 0.6 is 11.6 Å². The number of nitrogens with zero attached hydrogens (tertiary/aromatic N) is 2. The molecule has 0 unspecified atom stereocenters. The number of carbonyl (C=O) groups is 1. The number of alkyl halides is 2. The van der Waals surface area contributed by atoms with Crippen LogP contribution in [0, 0.1) is 5.92 Å². The predicted molar refractivity (Wildman–Crippen MR) is 69.1 cm³/mol. The lowest BCUT2D eigenvalue weighted by molar-refractivity contribution is -0.124. The predicted octanol–water partition coefficient (Wildman–Crippen LogP) is 2.90. The van der Waals surface area contributed by atoms with Gasteiger partial charge in [0.2, 0.25) is 23.7 Å². The van der Waals surface area contributed by atoms with E-state index in [1.54, 1.807) is 0 Å². The van der Waals surface area contributed by atoms with E-state index >= 15 is 0 Å². The summed E-state index contributed by atoms with van der Waals surface area (Å²) in [6.07, 6.45) is -0.247. The molecule has 1 aliphatic rings. The zero-order valence-corrected chi connectivity index (χ0v) is 11.6. The van der Waals surface area contributed by atoms with Crippen molar-refractivity contribution in [2.45, 2.75) is 31.6 Å². The number of hydrogen-bond donors (Lipinski definition) is 1. The molecular weight excluding hydrogens is 292 g/mol. The summed E-state index contributed by atoms with van der Waals surface area (Å²) in [5.41, 5.74) is 0. The van der Waals surface area contributed by atoms with E-state index in [2.05, 4.69) is 15.3 Å². The lowest BCUT2D eigenvalue weighted by Crippen LogP contribution is -2.32. The summed E-state index contributed by atoms with van der Waals surface area (Å²) in [5, 5.41) is 2.61. The Morgan fingerprint density at radius 3 is 2.70 bits per heavy atom. The molecule has 0 bridgehead atoms. The highest BCUT2D eigenvalue weighted by Gasteiger charge is 2.37. The van der Waals surface area contributed by atoms with Crippen LogP contribution in [0.2, 0.25) is 5.15 Å². The Kier molecular flexibility index (Phi) is 4.37. The Bertz CT molecular complexity index is 503. The minimum absolute atomic E-state index is 0.0108. The Hall–Kier alpha value is -1.50. The van der Waals surface area contributed by atoms with Gasteiger partial charge in [0, 0.05) is 24.8 Å². The van der Waals surface area contributed by atoms with Gasteiger partial charge in [0.15, 0.2) is 0 Å². The smallest absolute Gasteiger partial charge is 0.248 e. The molecule has 0 spiro atoms. The van der Waals surface area contributed by atoms with Gasteiger partial charge in [-0.05, 0) is 12.8 Å². The first-order valence-electron chi connectivity index (χ1n) is 6.17. The minimum atomic E-state index is -2.66. The van der Waals surface area contributed by atoms with Crippen molar-refractivity contribution in [3.8, 4) is 5.88 Å². The standard InChI is InChI=1S/C12H14ClF2N3O2/c1-20-9-6-8(13)16-11(17-9)18-10(19)7-2-4-12(14,15)5-3-7/h6-7H,2-5H2,1H3,(H,16,17,18,19). The lowest BCUT2D eigenvalue weighted by Gasteiger charge is -2.27. The average molecular weight is 306 g/mol. The molecule has 1 fully saturated rings. The first-order valence-corrected chi connectivity index (χ1v) is 6.55. The fourth-order valence-electron chi connectivity index (χ4n) is 2.07. The molecule has 0 aromatic carbocycles. The van der Waals surface area contributed by atoms with E-state index in [1.165, 1.54) is 13.2 Å². The molecule has 0 aliphatic heterocycles. The molecule has 8 heteroatoms. The molecule has 0 atom stereocenters. The van der Waals surface area contributed by atoms with Crippen LogP contribution in [0.5, 0.6) is 5.88 Å². The van der Waals surface area contributed by atoms with Crippen molar-refractivity contribution in [3.05, 3.63) is 11.2 Å². The maximum absolute atomic E-state index is 13.0. The molecule has 5 nitrogen and oxygen atoms in total. The van der Waals surface area contributed by atoms with E-state index in [4.69, 9.17) is 16.3 Å². The van der Waals surface area contributed by atoms with Crippen molar-refractivity contribution >= 4 is 23.5 Å². The summed E-state index contributed by atoms with van der Waals surface area (Å²) in [4.78, 5) is 19.7. The third-order valence-electron chi connectivity index (χ3n) is 3.20. The van der Waals surface area contributed by atoms with Crippen LogP contribution in [0.15, 0.2) is 6.07 Å². The first kappa shape index (κ1) is 14.9. The van der Waals surface area contributed by atoms with Crippen LogP contribution in [0.4, 0.5) is 14.7 Å². The van der Waals surface area contributed by atoms with E-state index < -0.39 is 11.8 Å². The van der Waals surface area contributed by atoms with Gasteiger partial charge in [0.25, 0.3) is 0 Å². The molecule has 1 aliphatic carbocycles. The minimum Gasteiger partial charge on any atom is -0.481 e. The molecule has 1 saturated carbocycles. The number of anilines is 1. The number of carbonyl (C=O) groups excluding carboxylic acids is 1. The average Bonchev–Trinajstić information content (AvgIpc) is 2.37. The van der Waals surface area contributed by atoms with E-state index in [1.807, 2.05) is 0 Å². The fourth-order valence-corrected chi connectivity index (χ4v) is 2.25. The zero-order valence-electron chi connectivity index (χ0n) is 10.8. The highest BCUT2D eigenvalue weighted by atomic mass is 35.5. The molecule has 2 rings (SSSR count). The van der Waals surface area contributed by atoms with Crippen LogP contribution in [0.25, 0.3) is 0 Å². The summed E-state index contributed by atoms with van der Waals surface area (Å²) in [6.45, 7) is 0. The second-order valence-corrected chi connectivity index (χ2v) is 5.06. The van der Waals surface area contributed by atoms with Crippen LogP contribution in [0.3, 0.4) is 0 Å². The van der Waals surface area contributed by atoms with Gasteiger partial charge in [-0.2, -0.15) is 4.98 Å². The maximum atomic E-state index is 13.0. The molecule has 1 N–H and O–H groups in total. The topological polar surface area (TPSA) is 64.1 Å². The van der Waals surface area contributed by atoms with Gasteiger partial charge in [-0.3, -0.25) is 10.1 Å². The van der Waals surface area contributed by atoms with Crippen LogP contribution < -0.4 is 10.1 Å². The number of nitrogens with one attached hydrogen (secondary N) is 1. The van der Waals surface area contributed by atoms with Crippen molar-refractivity contribution in [2.24, 2.45) is 5.92 Å². The normalized spacial score (nSPS) is 18.6. The van der Waals surface area contributed by atoms with E-state index in [0.717, 1.165) is 0 Å². The molecule has 1 heterocycles. The molecule has 1 aromatic rings. The monoisotopic (exact) mass is 305 g/mol. The van der Waals surface area contributed by atoms with Crippen molar-refractivity contribution < 1.29 is 18.3 Å². The van der Waals surface area contributed by atoms with E-state index in [9.17, 15) is 13.6 Å². The number of halogens is 3. The van der Waals surface area contributed by atoms with Crippen LogP contribution in [0.1, 0.15) is 25.7 Å². The summed E-state index contributed by atoms with van der Waals surface area (Å²) >= 11 is 5.75. The molecule has 20 heavy (non-hydrogen) atoms.